The second-order valence-electron chi connectivity index (χ2n) is 4.17. The summed E-state index contributed by atoms with van der Waals surface area (Å²) in [6.07, 6.45) is 5.45. The molecule has 0 radical (unpaired) electrons. The van der Waals surface area contributed by atoms with Gasteiger partial charge in [-0.2, -0.15) is 5.10 Å². The van der Waals surface area contributed by atoms with E-state index < -0.39 is 0 Å². The summed E-state index contributed by atoms with van der Waals surface area (Å²) in [5.74, 6) is 0.823. The predicted molar refractivity (Wildman–Crippen MR) is 63.2 cm³/mol. The number of anilines is 1. The molecule has 5 nitrogen and oxygen atoms in total. The van der Waals surface area contributed by atoms with E-state index in [1.165, 1.54) is 0 Å². The number of carbonyl (C=O) groups excluding carboxylic acids is 1. The normalized spacial score (nSPS) is 14.6. The van der Waals surface area contributed by atoms with Crippen molar-refractivity contribution >= 4 is 11.7 Å². The van der Waals surface area contributed by atoms with Crippen LogP contribution in [0.1, 0.15) is 12.8 Å². The molecule has 0 aliphatic heterocycles. The lowest BCUT2D eigenvalue weighted by Gasteiger charge is -1.97. The van der Waals surface area contributed by atoms with Crippen LogP contribution in [0.25, 0.3) is 11.3 Å². The first kappa shape index (κ1) is 10.0. The van der Waals surface area contributed by atoms with Gasteiger partial charge in [-0.1, -0.05) is 0 Å². The van der Waals surface area contributed by atoms with Gasteiger partial charge in [0, 0.05) is 29.9 Å². The highest BCUT2D eigenvalue weighted by molar-refractivity contribution is 5.93. The predicted octanol–water partition coefficient (Wildman–Crippen LogP) is 1.82. The summed E-state index contributed by atoms with van der Waals surface area (Å²) in [5, 5.41) is 9.73. The maximum absolute atomic E-state index is 11.5. The van der Waals surface area contributed by atoms with E-state index in [0.29, 0.717) is 5.82 Å². The Bertz CT molecular complexity index is 530. The Labute approximate surface area is 98.3 Å². The molecular formula is C12H12N4O. The summed E-state index contributed by atoms with van der Waals surface area (Å²) in [4.78, 5) is 15.6. The summed E-state index contributed by atoms with van der Waals surface area (Å²) in [5.41, 5.74) is 1.80. The van der Waals surface area contributed by atoms with Crippen molar-refractivity contribution in [3.05, 3.63) is 30.6 Å². The number of hydrogen-bond acceptors (Lipinski definition) is 3. The second-order valence-corrected chi connectivity index (χ2v) is 4.17. The molecule has 1 amide bonds. The molecule has 2 N–H and O–H groups in total. The van der Waals surface area contributed by atoms with E-state index in [2.05, 4.69) is 20.5 Å². The van der Waals surface area contributed by atoms with Crippen molar-refractivity contribution in [3.63, 3.8) is 0 Å². The van der Waals surface area contributed by atoms with Crippen molar-refractivity contribution in [2.24, 2.45) is 5.92 Å². The fourth-order valence-electron chi connectivity index (χ4n) is 1.63. The van der Waals surface area contributed by atoms with Gasteiger partial charge in [-0.25, -0.2) is 0 Å². The SMILES string of the molecule is O=C(Nc1cc(-c2cccnc2)[nH]n1)C1CC1. The second kappa shape index (κ2) is 4.01. The molecule has 0 spiro atoms. The number of hydrogen-bond donors (Lipinski definition) is 2. The number of carbonyl (C=O) groups is 1. The van der Waals surface area contributed by atoms with Crippen LogP contribution in [0.2, 0.25) is 0 Å². The van der Waals surface area contributed by atoms with E-state index >= 15 is 0 Å². The summed E-state index contributed by atoms with van der Waals surface area (Å²) in [7, 11) is 0. The molecule has 0 saturated heterocycles. The van der Waals surface area contributed by atoms with Crippen LogP contribution in [0.3, 0.4) is 0 Å². The monoisotopic (exact) mass is 228 g/mol. The van der Waals surface area contributed by atoms with Gasteiger partial charge in [0.1, 0.15) is 0 Å². The van der Waals surface area contributed by atoms with Crippen molar-refractivity contribution in [1.82, 2.24) is 15.2 Å². The minimum absolute atomic E-state index is 0.0641. The number of amides is 1. The molecule has 1 fully saturated rings. The van der Waals surface area contributed by atoms with Gasteiger partial charge >= 0.3 is 0 Å². The fraction of sp³-hybridized carbons (Fsp3) is 0.250. The van der Waals surface area contributed by atoms with E-state index in [9.17, 15) is 4.79 Å². The zero-order valence-corrected chi connectivity index (χ0v) is 9.18. The highest BCUT2D eigenvalue weighted by atomic mass is 16.2. The first-order valence-corrected chi connectivity index (χ1v) is 5.59. The topological polar surface area (TPSA) is 70.7 Å². The number of rotatable bonds is 3. The average molecular weight is 228 g/mol. The minimum Gasteiger partial charge on any atom is -0.309 e. The van der Waals surface area contributed by atoms with E-state index in [1.807, 2.05) is 18.2 Å². The van der Waals surface area contributed by atoms with Crippen LogP contribution in [-0.2, 0) is 4.79 Å². The number of nitrogens with one attached hydrogen (secondary N) is 2. The first-order valence-electron chi connectivity index (χ1n) is 5.59. The molecule has 1 aliphatic carbocycles. The van der Waals surface area contributed by atoms with Crippen LogP contribution in [0.15, 0.2) is 30.6 Å². The van der Waals surface area contributed by atoms with Gasteiger partial charge in [0.15, 0.2) is 5.82 Å². The molecule has 0 atom stereocenters. The molecule has 17 heavy (non-hydrogen) atoms. The van der Waals surface area contributed by atoms with Gasteiger partial charge in [0.25, 0.3) is 0 Å². The van der Waals surface area contributed by atoms with Crippen LogP contribution < -0.4 is 5.32 Å². The lowest BCUT2D eigenvalue weighted by molar-refractivity contribution is -0.117. The van der Waals surface area contributed by atoms with Crippen molar-refractivity contribution in [2.75, 3.05) is 5.32 Å². The highest BCUT2D eigenvalue weighted by Gasteiger charge is 2.29. The standard InChI is InChI=1S/C12H12N4O/c17-12(8-3-4-8)14-11-6-10(15-16-11)9-2-1-5-13-7-9/h1-2,5-8H,3-4H2,(H2,14,15,16,17). The van der Waals surface area contributed by atoms with Gasteiger partial charge in [0.2, 0.25) is 5.91 Å². The van der Waals surface area contributed by atoms with Crippen molar-refractivity contribution in [3.8, 4) is 11.3 Å². The summed E-state index contributed by atoms with van der Waals surface area (Å²) < 4.78 is 0. The Morgan fingerprint density at radius 2 is 2.35 bits per heavy atom. The maximum atomic E-state index is 11.5. The lowest BCUT2D eigenvalue weighted by Crippen LogP contribution is -2.13. The fourth-order valence-corrected chi connectivity index (χ4v) is 1.63. The maximum Gasteiger partial charge on any atom is 0.228 e. The van der Waals surface area contributed by atoms with E-state index in [0.717, 1.165) is 24.1 Å². The van der Waals surface area contributed by atoms with Gasteiger partial charge in [0.05, 0.1) is 5.69 Å². The van der Waals surface area contributed by atoms with Gasteiger partial charge in [-0.3, -0.25) is 14.9 Å². The molecule has 0 unspecified atom stereocenters. The molecule has 86 valence electrons. The third-order valence-electron chi connectivity index (χ3n) is 2.75. The van der Waals surface area contributed by atoms with Crippen LogP contribution >= 0.6 is 0 Å². The van der Waals surface area contributed by atoms with E-state index in [1.54, 1.807) is 12.4 Å². The van der Waals surface area contributed by atoms with E-state index in [-0.39, 0.29) is 11.8 Å². The van der Waals surface area contributed by atoms with Crippen molar-refractivity contribution in [2.45, 2.75) is 12.8 Å². The Hall–Kier alpha value is -2.17. The Morgan fingerprint density at radius 3 is 3.06 bits per heavy atom. The van der Waals surface area contributed by atoms with Gasteiger partial charge in [-0.05, 0) is 25.0 Å². The summed E-state index contributed by atoms with van der Waals surface area (Å²) in [6.45, 7) is 0. The third kappa shape index (κ3) is 2.18. The Morgan fingerprint density at radius 1 is 1.47 bits per heavy atom. The lowest BCUT2D eigenvalue weighted by atomic mass is 10.2. The highest BCUT2D eigenvalue weighted by Crippen LogP contribution is 2.30. The number of aromatic amines is 1. The molecule has 0 aromatic carbocycles. The van der Waals surface area contributed by atoms with Crippen LogP contribution in [0, 0.1) is 5.92 Å². The molecular weight excluding hydrogens is 216 g/mol. The molecule has 2 aromatic rings. The summed E-state index contributed by atoms with van der Waals surface area (Å²) in [6, 6.07) is 5.61. The van der Waals surface area contributed by atoms with Crippen molar-refractivity contribution in [1.29, 1.82) is 0 Å². The molecule has 1 aliphatic rings. The van der Waals surface area contributed by atoms with Gasteiger partial charge < -0.3 is 5.32 Å². The molecule has 1 saturated carbocycles. The molecule has 3 rings (SSSR count). The molecule has 5 heteroatoms. The smallest absolute Gasteiger partial charge is 0.228 e. The molecule has 0 bridgehead atoms. The molecule has 2 heterocycles. The van der Waals surface area contributed by atoms with E-state index in [4.69, 9.17) is 0 Å². The van der Waals surface area contributed by atoms with Crippen LogP contribution in [0.4, 0.5) is 5.82 Å². The Kier molecular flexibility index (Phi) is 2.36. The Balaban J connectivity index is 1.76. The third-order valence-corrected chi connectivity index (χ3v) is 2.75. The largest absolute Gasteiger partial charge is 0.309 e. The molecule has 2 aromatic heterocycles. The quantitative estimate of drug-likeness (QED) is 0.841. The number of pyridine rings is 1. The first-order chi connectivity index (χ1) is 8.33. The number of nitrogens with zero attached hydrogens (tertiary/aromatic N) is 2. The van der Waals surface area contributed by atoms with Crippen molar-refractivity contribution < 1.29 is 4.79 Å². The zero-order valence-electron chi connectivity index (χ0n) is 9.18. The van der Waals surface area contributed by atoms with Gasteiger partial charge in [-0.15, -0.1) is 0 Å². The summed E-state index contributed by atoms with van der Waals surface area (Å²) >= 11 is 0. The number of H-pyrrole nitrogens is 1. The minimum atomic E-state index is 0.0641. The van der Waals surface area contributed by atoms with Crippen LogP contribution in [-0.4, -0.2) is 21.1 Å². The number of aromatic nitrogens is 3. The van der Waals surface area contributed by atoms with Crippen LogP contribution in [0.5, 0.6) is 0 Å². The zero-order chi connectivity index (χ0) is 11.7. The average Bonchev–Trinajstić information content (AvgIpc) is 3.12.